The van der Waals surface area contributed by atoms with Gasteiger partial charge in [-0.2, -0.15) is 0 Å². The number of halogens is 2. The molecular formula is C16H16BrClN2O3. The minimum Gasteiger partial charge on any atom is -0.495 e. The van der Waals surface area contributed by atoms with Crippen LogP contribution >= 0.6 is 27.5 Å². The molecule has 0 radical (unpaired) electrons. The Bertz CT molecular complexity index is 692. The molecule has 0 aromatic heterocycles. The second-order valence-electron chi connectivity index (χ2n) is 4.62. The number of benzene rings is 2. The van der Waals surface area contributed by atoms with Crippen molar-refractivity contribution in [3.05, 3.63) is 51.5 Å². The van der Waals surface area contributed by atoms with Crippen molar-refractivity contribution in [2.24, 2.45) is 0 Å². The number of nitrogens with one attached hydrogen (secondary N) is 2. The molecule has 0 unspecified atom stereocenters. The van der Waals surface area contributed by atoms with Crippen molar-refractivity contribution in [3.8, 4) is 11.5 Å². The van der Waals surface area contributed by atoms with Crippen molar-refractivity contribution in [1.82, 2.24) is 5.32 Å². The lowest BCUT2D eigenvalue weighted by atomic mass is 10.2. The van der Waals surface area contributed by atoms with E-state index in [2.05, 4.69) is 26.6 Å². The molecule has 0 fully saturated rings. The van der Waals surface area contributed by atoms with Gasteiger partial charge in [-0.3, -0.25) is 0 Å². The smallest absolute Gasteiger partial charge is 0.319 e. The number of anilines is 1. The lowest BCUT2D eigenvalue weighted by molar-refractivity contribution is 0.251. The maximum atomic E-state index is 12.0. The normalized spacial score (nSPS) is 10.1. The SMILES string of the molecule is COc1cc(NC(=O)NCc2ccc(Br)cc2)c(OC)cc1Cl. The second kappa shape index (κ2) is 8.08. The van der Waals surface area contributed by atoms with E-state index in [-0.39, 0.29) is 6.03 Å². The van der Waals surface area contributed by atoms with Crippen molar-refractivity contribution in [2.45, 2.75) is 6.54 Å². The molecule has 0 saturated carbocycles. The molecule has 0 spiro atoms. The van der Waals surface area contributed by atoms with E-state index in [1.807, 2.05) is 24.3 Å². The third-order valence-electron chi connectivity index (χ3n) is 3.09. The number of methoxy groups -OCH3 is 2. The average Bonchev–Trinajstić information content (AvgIpc) is 2.55. The monoisotopic (exact) mass is 398 g/mol. The van der Waals surface area contributed by atoms with E-state index in [1.54, 1.807) is 12.1 Å². The number of rotatable bonds is 5. The van der Waals surface area contributed by atoms with Gasteiger partial charge in [0.1, 0.15) is 11.5 Å². The Kier molecular flexibility index (Phi) is 6.12. The van der Waals surface area contributed by atoms with Gasteiger partial charge in [0.05, 0.1) is 24.9 Å². The number of hydrogen-bond donors (Lipinski definition) is 2. The lowest BCUT2D eigenvalue weighted by Crippen LogP contribution is -2.28. The van der Waals surface area contributed by atoms with Crippen LogP contribution in [-0.2, 0) is 6.54 Å². The molecular weight excluding hydrogens is 384 g/mol. The Balaban J connectivity index is 2.03. The number of amides is 2. The molecule has 0 aliphatic carbocycles. The fourth-order valence-corrected chi connectivity index (χ4v) is 2.40. The standard InChI is InChI=1S/C16H16BrClN2O3/c1-22-14-8-13(15(23-2)7-12(14)18)20-16(21)19-9-10-3-5-11(17)6-4-10/h3-8H,9H2,1-2H3,(H2,19,20,21). The summed E-state index contributed by atoms with van der Waals surface area (Å²) in [6.07, 6.45) is 0. The highest BCUT2D eigenvalue weighted by Gasteiger charge is 2.12. The van der Waals surface area contributed by atoms with Crippen LogP contribution in [0.3, 0.4) is 0 Å². The van der Waals surface area contributed by atoms with Crippen LogP contribution in [0.5, 0.6) is 11.5 Å². The van der Waals surface area contributed by atoms with Gasteiger partial charge in [0.2, 0.25) is 0 Å². The van der Waals surface area contributed by atoms with Crippen molar-refractivity contribution in [3.63, 3.8) is 0 Å². The molecule has 2 rings (SSSR count). The molecule has 0 aliphatic heterocycles. The summed E-state index contributed by atoms with van der Waals surface area (Å²) in [6, 6.07) is 10.5. The zero-order chi connectivity index (χ0) is 16.8. The minimum absolute atomic E-state index is 0.351. The van der Waals surface area contributed by atoms with Crippen molar-refractivity contribution >= 4 is 39.2 Å². The third-order valence-corrected chi connectivity index (χ3v) is 3.91. The number of ether oxygens (including phenoxy) is 2. The molecule has 122 valence electrons. The molecule has 23 heavy (non-hydrogen) atoms. The molecule has 0 heterocycles. The Morgan fingerprint density at radius 2 is 1.78 bits per heavy atom. The van der Waals surface area contributed by atoms with Crippen LogP contribution in [0.1, 0.15) is 5.56 Å². The molecule has 2 aromatic carbocycles. The number of urea groups is 1. The van der Waals surface area contributed by atoms with Gasteiger partial charge < -0.3 is 20.1 Å². The zero-order valence-electron chi connectivity index (χ0n) is 12.7. The summed E-state index contributed by atoms with van der Waals surface area (Å²) in [7, 11) is 3.01. The van der Waals surface area contributed by atoms with Crippen LogP contribution in [0, 0.1) is 0 Å². The minimum atomic E-state index is -0.351. The van der Waals surface area contributed by atoms with E-state index in [4.69, 9.17) is 21.1 Å². The first-order valence-electron chi connectivity index (χ1n) is 6.74. The predicted molar refractivity (Wildman–Crippen MR) is 94.6 cm³/mol. The molecule has 0 aliphatic rings. The molecule has 0 bridgehead atoms. The largest absolute Gasteiger partial charge is 0.495 e. The van der Waals surface area contributed by atoms with Crippen molar-refractivity contribution < 1.29 is 14.3 Å². The number of carbonyl (C=O) groups is 1. The van der Waals surface area contributed by atoms with Gasteiger partial charge in [-0.1, -0.05) is 39.7 Å². The maximum absolute atomic E-state index is 12.0. The highest BCUT2D eigenvalue weighted by atomic mass is 79.9. The zero-order valence-corrected chi connectivity index (χ0v) is 15.0. The average molecular weight is 400 g/mol. The quantitative estimate of drug-likeness (QED) is 0.781. The third kappa shape index (κ3) is 4.77. The lowest BCUT2D eigenvalue weighted by Gasteiger charge is -2.13. The van der Waals surface area contributed by atoms with Crippen LogP contribution in [-0.4, -0.2) is 20.3 Å². The van der Waals surface area contributed by atoms with E-state index in [0.29, 0.717) is 28.8 Å². The van der Waals surface area contributed by atoms with E-state index < -0.39 is 0 Å². The summed E-state index contributed by atoms with van der Waals surface area (Å²) in [6.45, 7) is 0.409. The van der Waals surface area contributed by atoms with Gasteiger partial charge in [-0.25, -0.2) is 4.79 Å². The molecule has 2 aromatic rings. The topological polar surface area (TPSA) is 59.6 Å². The Morgan fingerprint density at radius 3 is 2.39 bits per heavy atom. The van der Waals surface area contributed by atoms with Crippen molar-refractivity contribution in [2.75, 3.05) is 19.5 Å². The van der Waals surface area contributed by atoms with Crippen LogP contribution in [0.25, 0.3) is 0 Å². The highest BCUT2D eigenvalue weighted by Crippen LogP contribution is 2.35. The molecule has 0 saturated heterocycles. The maximum Gasteiger partial charge on any atom is 0.319 e. The summed E-state index contributed by atoms with van der Waals surface area (Å²) in [4.78, 5) is 12.0. The molecule has 7 heteroatoms. The summed E-state index contributed by atoms with van der Waals surface area (Å²) in [5, 5.41) is 5.91. The van der Waals surface area contributed by atoms with Gasteiger partial charge in [-0.05, 0) is 17.7 Å². The van der Waals surface area contributed by atoms with Crippen LogP contribution in [0.4, 0.5) is 10.5 Å². The Labute approximate surface area is 148 Å². The highest BCUT2D eigenvalue weighted by molar-refractivity contribution is 9.10. The van der Waals surface area contributed by atoms with Crippen LogP contribution in [0.15, 0.2) is 40.9 Å². The van der Waals surface area contributed by atoms with E-state index in [1.165, 1.54) is 14.2 Å². The fraction of sp³-hybridized carbons (Fsp3) is 0.188. The van der Waals surface area contributed by atoms with Gasteiger partial charge >= 0.3 is 6.03 Å². The first-order chi connectivity index (χ1) is 11.0. The van der Waals surface area contributed by atoms with Crippen molar-refractivity contribution in [1.29, 1.82) is 0 Å². The summed E-state index contributed by atoms with van der Waals surface area (Å²) < 4.78 is 11.3. The van der Waals surface area contributed by atoms with E-state index in [9.17, 15) is 4.79 Å². The summed E-state index contributed by atoms with van der Waals surface area (Å²) >= 11 is 9.40. The first-order valence-corrected chi connectivity index (χ1v) is 7.91. The predicted octanol–water partition coefficient (Wildman–Crippen LogP) is 4.44. The number of carbonyl (C=O) groups excluding carboxylic acids is 1. The first kappa shape index (κ1) is 17.4. The Morgan fingerprint density at radius 1 is 1.13 bits per heavy atom. The number of hydrogen-bond acceptors (Lipinski definition) is 3. The molecule has 2 amide bonds. The molecule has 0 atom stereocenters. The summed E-state index contributed by atoms with van der Waals surface area (Å²) in [5.41, 5.74) is 1.46. The molecule has 2 N–H and O–H groups in total. The second-order valence-corrected chi connectivity index (χ2v) is 5.94. The van der Waals surface area contributed by atoms with Crippen LogP contribution in [0.2, 0.25) is 5.02 Å². The van der Waals surface area contributed by atoms with Gasteiger partial charge in [0.15, 0.2) is 0 Å². The fourth-order valence-electron chi connectivity index (χ4n) is 1.91. The van der Waals surface area contributed by atoms with Gasteiger partial charge in [0, 0.05) is 23.2 Å². The van der Waals surface area contributed by atoms with Gasteiger partial charge in [0.25, 0.3) is 0 Å². The summed E-state index contributed by atoms with van der Waals surface area (Å²) in [5.74, 6) is 0.908. The van der Waals surface area contributed by atoms with E-state index >= 15 is 0 Å². The van der Waals surface area contributed by atoms with Gasteiger partial charge in [-0.15, -0.1) is 0 Å². The van der Waals surface area contributed by atoms with E-state index in [0.717, 1.165) is 10.0 Å². The van der Waals surface area contributed by atoms with Crippen LogP contribution < -0.4 is 20.1 Å². The molecule has 5 nitrogen and oxygen atoms in total. The Hall–Kier alpha value is -1.92.